The van der Waals surface area contributed by atoms with E-state index in [2.05, 4.69) is 24.5 Å². The topological polar surface area (TPSA) is 16.6 Å². The standard InChI is InChI=1S/C9H13N.BrH/c1-7-2-3-8-5-10-6-9(8)4-7;/h4,6,8,10H,2-3,5H2,1H3;1H. The van der Waals surface area contributed by atoms with Gasteiger partial charge in [0.1, 0.15) is 0 Å². The minimum atomic E-state index is 0. The van der Waals surface area contributed by atoms with Crippen LogP contribution in [0.4, 0.5) is 0 Å². The molecule has 11 heavy (non-hydrogen) atoms. The van der Waals surface area contributed by atoms with Crippen LogP contribution in [-0.4, -0.2) is 6.54 Å². The summed E-state index contributed by atoms with van der Waals surface area (Å²) in [6, 6.07) is 0. The molecule has 2 aliphatic rings. The summed E-state index contributed by atoms with van der Waals surface area (Å²) >= 11 is 0. The predicted octanol–water partition coefficient (Wildman–Crippen LogP) is -2.19. The van der Waals surface area contributed by atoms with Gasteiger partial charge in [0.25, 0.3) is 0 Å². The van der Waals surface area contributed by atoms with Crippen LogP contribution >= 0.6 is 0 Å². The van der Waals surface area contributed by atoms with Crippen molar-refractivity contribution in [1.29, 1.82) is 0 Å². The van der Waals surface area contributed by atoms with Gasteiger partial charge in [0, 0.05) is 11.5 Å². The molecular formula is C9H14BrN. The summed E-state index contributed by atoms with van der Waals surface area (Å²) in [5, 5.41) is 2.30. The van der Waals surface area contributed by atoms with Crippen molar-refractivity contribution in [1.82, 2.24) is 0 Å². The summed E-state index contributed by atoms with van der Waals surface area (Å²) in [5.74, 6) is 0.878. The van der Waals surface area contributed by atoms with E-state index in [0.717, 1.165) is 5.92 Å². The fourth-order valence-corrected chi connectivity index (χ4v) is 1.85. The SMILES string of the molecule is CC1=CC2=C[NH2+]CC2CC1.[Br-]. The average Bonchev–Trinajstić information content (AvgIpc) is 2.33. The Morgan fingerprint density at radius 2 is 2.36 bits per heavy atom. The Morgan fingerprint density at radius 1 is 1.55 bits per heavy atom. The van der Waals surface area contributed by atoms with Crippen molar-refractivity contribution >= 4 is 0 Å². The molecule has 0 fully saturated rings. The number of halogens is 1. The van der Waals surface area contributed by atoms with E-state index < -0.39 is 0 Å². The van der Waals surface area contributed by atoms with Gasteiger partial charge in [-0.05, 0) is 19.8 Å². The van der Waals surface area contributed by atoms with Crippen molar-refractivity contribution in [2.45, 2.75) is 19.8 Å². The molecular weight excluding hydrogens is 202 g/mol. The first-order chi connectivity index (χ1) is 4.86. The van der Waals surface area contributed by atoms with Gasteiger partial charge in [0.05, 0.1) is 12.7 Å². The predicted molar refractivity (Wildman–Crippen MR) is 41.4 cm³/mol. The molecule has 0 radical (unpaired) electrons. The van der Waals surface area contributed by atoms with Gasteiger partial charge in [0.15, 0.2) is 0 Å². The molecule has 0 aromatic heterocycles. The van der Waals surface area contributed by atoms with Crippen LogP contribution in [0, 0.1) is 5.92 Å². The second-order valence-electron chi connectivity index (χ2n) is 3.36. The Kier molecular flexibility index (Phi) is 2.90. The van der Waals surface area contributed by atoms with Crippen molar-refractivity contribution in [2.75, 3.05) is 6.54 Å². The summed E-state index contributed by atoms with van der Waals surface area (Å²) in [5.41, 5.74) is 3.13. The molecule has 2 N–H and O–H groups in total. The van der Waals surface area contributed by atoms with Gasteiger partial charge >= 0.3 is 0 Å². The summed E-state index contributed by atoms with van der Waals surface area (Å²) in [6.07, 6.45) is 7.34. The van der Waals surface area contributed by atoms with Gasteiger partial charge in [-0.2, -0.15) is 0 Å². The van der Waals surface area contributed by atoms with E-state index >= 15 is 0 Å². The Hall–Kier alpha value is -0.0800. The molecule has 2 rings (SSSR count). The molecule has 62 valence electrons. The first-order valence-corrected chi connectivity index (χ1v) is 4.07. The second kappa shape index (κ2) is 3.55. The van der Waals surface area contributed by atoms with Gasteiger partial charge in [-0.1, -0.05) is 11.6 Å². The van der Waals surface area contributed by atoms with Gasteiger partial charge in [-0.15, -0.1) is 0 Å². The van der Waals surface area contributed by atoms with Crippen LogP contribution in [0.25, 0.3) is 0 Å². The Morgan fingerprint density at radius 3 is 3.18 bits per heavy atom. The van der Waals surface area contributed by atoms with Crippen molar-refractivity contribution in [3.63, 3.8) is 0 Å². The molecule has 0 saturated heterocycles. The van der Waals surface area contributed by atoms with E-state index in [9.17, 15) is 0 Å². The molecule has 1 aliphatic carbocycles. The molecule has 0 spiro atoms. The lowest BCUT2D eigenvalue weighted by molar-refractivity contribution is -0.582. The molecule has 1 unspecified atom stereocenters. The average molecular weight is 216 g/mol. The van der Waals surface area contributed by atoms with Gasteiger partial charge in [0.2, 0.25) is 0 Å². The molecule has 1 aliphatic heterocycles. The van der Waals surface area contributed by atoms with Crippen molar-refractivity contribution in [3.8, 4) is 0 Å². The Bertz CT molecular complexity index is 206. The maximum absolute atomic E-state index is 2.36. The molecule has 2 heteroatoms. The molecule has 1 atom stereocenters. The summed E-state index contributed by atoms with van der Waals surface area (Å²) < 4.78 is 0. The van der Waals surface area contributed by atoms with Crippen molar-refractivity contribution in [3.05, 3.63) is 23.4 Å². The van der Waals surface area contributed by atoms with E-state index in [4.69, 9.17) is 0 Å². The van der Waals surface area contributed by atoms with E-state index in [1.807, 2.05) is 0 Å². The monoisotopic (exact) mass is 215 g/mol. The first-order valence-electron chi connectivity index (χ1n) is 4.07. The number of nitrogens with two attached hydrogens (primary N) is 1. The lowest BCUT2D eigenvalue weighted by Gasteiger charge is -2.14. The largest absolute Gasteiger partial charge is 1.00 e. The third kappa shape index (κ3) is 1.74. The zero-order chi connectivity index (χ0) is 6.97. The number of hydrogen-bond donors (Lipinski definition) is 1. The number of hydrogen-bond acceptors (Lipinski definition) is 0. The minimum absolute atomic E-state index is 0. The Balaban J connectivity index is 0.000000605. The molecule has 0 bridgehead atoms. The van der Waals surface area contributed by atoms with E-state index in [1.165, 1.54) is 19.4 Å². The second-order valence-corrected chi connectivity index (χ2v) is 3.36. The zero-order valence-electron chi connectivity index (χ0n) is 6.81. The Labute approximate surface area is 78.3 Å². The lowest BCUT2D eigenvalue weighted by Crippen LogP contribution is -3.00. The number of fused-ring (bicyclic) bond motifs is 1. The highest BCUT2D eigenvalue weighted by Crippen LogP contribution is 2.27. The minimum Gasteiger partial charge on any atom is -1.00 e. The summed E-state index contributed by atoms with van der Waals surface area (Å²) in [6.45, 7) is 3.52. The highest BCUT2D eigenvalue weighted by atomic mass is 79.9. The number of rotatable bonds is 0. The van der Waals surface area contributed by atoms with Crippen molar-refractivity contribution in [2.24, 2.45) is 5.92 Å². The summed E-state index contributed by atoms with van der Waals surface area (Å²) in [7, 11) is 0. The third-order valence-electron chi connectivity index (χ3n) is 2.50. The quantitative estimate of drug-likeness (QED) is 0.473. The van der Waals surface area contributed by atoms with Crippen LogP contribution in [0.1, 0.15) is 19.8 Å². The maximum atomic E-state index is 2.36. The van der Waals surface area contributed by atoms with Crippen LogP contribution in [0.5, 0.6) is 0 Å². The number of quaternary nitrogens is 1. The number of allylic oxidation sites excluding steroid dienone is 2. The summed E-state index contributed by atoms with van der Waals surface area (Å²) in [4.78, 5) is 0. The first kappa shape index (κ1) is 9.01. The molecule has 1 nitrogen and oxygen atoms in total. The highest BCUT2D eigenvalue weighted by molar-refractivity contribution is 5.28. The highest BCUT2D eigenvalue weighted by Gasteiger charge is 2.23. The van der Waals surface area contributed by atoms with E-state index in [-0.39, 0.29) is 17.0 Å². The van der Waals surface area contributed by atoms with Gasteiger partial charge < -0.3 is 22.3 Å². The molecule has 1 heterocycles. The van der Waals surface area contributed by atoms with Gasteiger partial charge in [-0.25, -0.2) is 0 Å². The fourth-order valence-electron chi connectivity index (χ4n) is 1.85. The van der Waals surface area contributed by atoms with Crippen LogP contribution < -0.4 is 22.3 Å². The lowest BCUT2D eigenvalue weighted by atomic mass is 9.88. The molecule has 0 amide bonds. The van der Waals surface area contributed by atoms with Gasteiger partial charge in [-0.3, -0.25) is 0 Å². The normalized spacial score (nSPS) is 28.3. The third-order valence-corrected chi connectivity index (χ3v) is 2.50. The zero-order valence-corrected chi connectivity index (χ0v) is 8.39. The van der Waals surface area contributed by atoms with Crippen LogP contribution in [0.3, 0.4) is 0 Å². The molecule has 0 aromatic rings. The van der Waals surface area contributed by atoms with Crippen LogP contribution in [0.2, 0.25) is 0 Å². The van der Waals surface area contributed by atoms with E-state index in [0.29, 0.717) is 0 Å². The van der Waals surface area contributed by atoms with Crippen LogP contribution in [0.15, 0.2) is 23.4 Å². The fraction of sp³-hybridized carbons (Fsp3) is 0.556. The molecule has 0 saturated carbocycles. The smallest absolute Gasteiger partial charge is 0.0963 e. The molecule has 0 aromatic carbocycles. The van der Waals surface area contributed by atoms with Crippen molar-refractivity contribution < 1.29 is 22.3 Å². The maximum Gasteiger partial charge on any atom is 0.0963 e. The van der Waals surface area contributed by atoms with Crippen LogP contribution in [-0.2, 0) is 0 Å². The van der Waals surface area contributed by atoms with E-state index in [1.54, 1.807) is 11.1 Å².